The number of aliphatic carboxylic acids is 1. The summed E-state index contributed by atoms with van der Waals surface area (Å²) in [5.41, 5.74) is 0.771. The van der Waals surface area contributed by atoms with Gasteiger partial charge in [0.05, 0.1) is 0 Å². The summed E-state index contributed by atoms with van der Waals surface area (Å²) in [7, 11) is 0. The lowest BCUT2D eigenvalue weighted by Crippen LogP contribution is -2.45. The first kappa shape index (κ1) is 18.7. The summed E-state index contributed by atoms with van der Waals surface area (Å²) in [6.07, 6.45) is 0.644. The Bertz CT molecular complexity index is 566. The van der Waals surface area contributed by atoms with Crippen molar-refractivity contribution in [2.45, 2.75) is 46.2 Å². The first-order valence-electron chi connectivity index (χ1n) is 7.70. The molecule has 0 fully saturated rings. The van der Waals surface area contributed by atoms with E-state index < -0.39 is 17.9 Å². The highest BCUT2D eigenvalue weighted by atomic mass is 16.4. The van der Waals surface area contributed by atoms with E-state index in [9.17, 15) is 19.5 Å². The number of amides is 2. The molecule has 1 rings (SSSR count). The molecule has 0 aliphatic carbocycles. The molecule has 6 heteroatoms. The molecule has 0 radical (unpaired) electrons. The molecule has 23 heavy (non-hydrogen) atoms. The van der Waals surface area contributed by atoms with Crippen LogP contribution in [0.5, 0.6) is 0 Å². The normalized spacial score (nSPS) is 13.3. The van der Waals surface area contributed by atoms with Crippen molar-refractivity contribution in [2.75, 3.05) is 0 Å². The van der Waals surface area contributed by atoms with Gasteiger partial charge in [0.1, 0.15) is 6.04 Å². The molecule has 2 atom stereocenters. The lowest BCUT2D eigenvalue weighted by atomic mass is 9.99. The number of carbonyl (C=O) groups is 3. The lowest BCUT2D eigenvalue weighted by Gasteiger charge is -2.20. The van der Waals surface area contributed by atoms with E-state index in [-0.39, 0.29) is 17.9 Å². The average Bonchev–Trinajstić information content (AvgIpc) is 2.50. The number of rotatable bonds is 7. The quantitative estimate of drug-likeness (QED) is 0.716. The number of hydrogen-bond donors (Lipinski definition) is 3. The second kappa shape index (κ2) is 8.31. The van der Waals surface area contributed by atoms with Crippen molar-refractivity contribution in [1.29, 1.82) is 0 Å². The van der Waals surface area contributed by atoms with Crippen molar-refractivity contribution in [3.63, 3.8) is 0 Å². The third-order valence-corrected chi connectivity index (χ3v) is 3.59. The van der Waals surface area contributed by atoms with Crippen LogP contribution in [0.4, 0.5) is 0 Å². The zero-order valence-corrected chi connectivity index (χ0v) is 13.9. The average molecular weight is 320 g/mol. The molecule has 0 saturated carbocycles. The van der Waals surface area contributed by atoms with Gasteiger partial charge >= 0.3 is 5.97 Å². The molecule has 1 aromatic rings. The number of carbonyl (C=O) groups excluding carboxylic acids is 2. The van der Waals surface area contributed by atoms with Gasteiger partial charge in [0, 0.05) is 17.2 Å². The van der Waals surface area contributed by atoms with Crippen LogP contribution in [0.15, 0.2) is 24.3 Å². The molecule has 2 amide bonds. The molecule has 0 aromatic heterocycles. The van der Waals surface area contributed by atoms with E-state index in [0.29, 0.717) is 17.5 Å². The summed E-state index contributed by atoms with van der Waals surface area (Å²) in [4.78, 5) is 35.3. The van der Waals surface area contributed by atoms with Crippen LogP contribution in [-0.4, -0.2) is 35.0 Å². The Balaban J connectivity index is 2.81. The van der Waals surface area contributed by atoms with Gasteiger partial charge in [-0.2, -0.15) is 0 Å². The van der Waals surface area contributed by atoms with E-state index in [1.165, 1.54) is 12.1 Å². The summed E-state index contributed by atoms with van der Waals surface area (Å²) in [5, 5.41) is 14.5. The minimum Gasteiger partial charge on any atom is -0.480 e. The molecule has 0 heterocycles. The fourth-order valence-corrected chi connectivity index (χ4v) is 2.03. The van der Waals surface area contributed by atoms with Gasteiger partial charge in [-0.05, 0) is 44.0 Å². The maximum atomic E-state index is 12.2. The summed E-state index contributed by atoms with van der Waals surface area (Å²) < 4.78 is 0. The lowest BCUT2D eigenvalue weighted by molar-refractivity contribution is -0.140. The number of carboxylic acids is 1. The largest absolute Gasteiger partial charge is 0.480 e. The van der Waals surface area contributed by atoms with Crippen molar-refractivity contribution >= 4 is 17.8 Å². The maximum Gasteiger partial charge on any atom is 0.326 e. The molecule has 2 unspecified atom stereocenters. The number of benzene rings is 1. The minimum absolute atomic E-state index is 0.0253. The fraction of sp³-hybridized carbons (Fsp3) is 0.471. The maximum absolute atomic E-state index is 12.2. The highest BCUT2D eigenvalue weighted by molar-refractivity contribution is 5.99. The minimum atomic E-state index is -1.05. The van der Waals surface area contributed by atoms with Crippen LogP contribution in [0.2, 0.25) is 0 Å². The SMILES string of the molecule is CCC(C)C(NC(=O)c1ccc(C(=O)NC(C)C)cc1)C(=O)O. The van der Waals surface area contributed by atoms with Crippen LogP contribution in [-0.2, 0) is 4.79 Å². The first-order chi connectivity index (χ1) is 10.8. The Labute approximate surface area is 136 Å². The van der Waals surface area contributed by atoms with Crippen LogP contribution < -0.4 is 10.6 Å². The molecular weight excluding hydrogens is 296 g/mol. The van der Waals surface area contributed by atoms with E-state index in [1.54, 1.807) is 19.1 Å². The third-order valence-electron chi connectivity index (χ3n) is 3.59. The molecular formula is C17H24N2O4. The van der Waals surface area contributed by atoms with Gasteiger partial charge < -0.3 is 15.7 Å². The standard InChI is InChI=1S/C17H24N2O4/c1-5-11(4)14(17(22)23)19-16(21)13-8-6-12(7-9-13)15(20)18-10(2)3/h6-11,14H,5H2,1-4H3,(H,18,20)(H,19,21)(H,22,23). The van der Waals surface area contributed by atoms with E-state index in [1.807, 2.05) is 20.8 Å². The van der Waals surface area contributed by atoms with Crippen molar-refractivity contribution in [2.24, 2.45) is 5.92 Å². The summed E-state index contributed by atoms with van der Waals surface area (Å²) in [6, 6.07) is 5.21. The van der Waals surface area contributed by atoms with Crippen LogP contribution in [0.3, 0.4) is 0 Å². The second-order valence-electron chi connectivity index (χ2n) is 5.88. The Morgan fingerprint density at radius 3 is 1.74 bits per heavy atom. The fourth-order valence-electron chi connectivity index (χ4n) is 2.03. The number of nitrogens with one attached hydrogen (secondary N) is 2. The van der Waals surface area contributed by atoms with Gasteiger partial charge in [0.15, 0.2) is 0 Å². The zero-order valence-electron chi connectivity index (χ0n) is 13.9. The molecule has 1 aromatic carbocycles. The third kappa shape index (κ3) is 5.39. The van der Waals surface area contributed by atoms with Gasteiger partial charge in [-0.15, -0.1) is 0 Å². The van der Waals surface area contributed by atoms with E-state index >= 15 is 0 Å². The summed E-state index contributed by atoms with van der Waals surface area (Å²) in [5.74, 6) is -1.91. The van der Waals surface area contributed by atoms with Crippen LogP contribution in [0.1, 0.15) is 54.8 Å². The molecule has 0 bridgehead atoms. The number of carboxylic acid groups (broad SMARTS) is 1. The Kier molecular flexibility index (Phi) is 6.75. The van der Waals surface area contributed by atoms with Gasteiger partial charge in [-0.3, -0.25) is 9.59 Å². The zero-order chi connectivity index (χ0) is 17.6. The molecule has 0 aliphatic heterocycles. The van der Waals surface area contributed by atoms with Crippen molar-refractivity contribution < 1.29 is 19.5 Å². The summed E-state index contributed by atoms with van der Waals surface area (Å²) >= 11 is 0. The van der Waals surface area contributed by atoms with E-state index in [4.69, 9.17) is 0 Å². The topological polar surface area (TPSA) is 95.5 Å². The van der Waals surface area contributed by atoms with Gasteiger partial charge in [0.2, 0.25) is 0 Å². The predicted octanol–water partition coefficient (Wildman–Crippen LogP) is 2.05. The van der Waals surface area contributed by atoms with Crippen molar-refractivity contribution in [3.05, 3.63) is 35.4 Å². The second-order valence-corrected chi connectivity index (χ2v) is 5.88. The number of hydrogen-bond acceptors (Lipinski definition) is 3. The Morgan fingerprint density at radius 1 is 0.957 bits per heavy atom. The van der Waals surface area contributed by atoms with Gasteiger partial charge in [-0.25, -0.2) is 4.79 Å². The van der Waals surface area contributed by atoms with Gasteiger partial charge in [0.25, 0.3) is 11.8 Å². The monoisotopic (exact) mass is 320 g/mol. The van der Waals surface area contributed by atoms with E-state index in [2.05, 4.69) is 10.6 Å². The summed E-state index contributed by atoms with van der Waals surface area (Å²) in [6.45, 7) is 7.37. The highest BCUT2D eigenvalue weighted by Gasteiger charge is 2.25. The Morgan fingerprint density at radius 2 is 1.39 bits per heavy atom. The van der Waals surface area contributed by atoms with Crippen LogP contribution in [0, 0.1) is 5.92 Å². The smallest absolute Gasteiger partial charge is 0.326 e. The van der Waals surface area contributed by atoms with E-state index in [0.717, 1.165) is 0 Å². The molecule has 6 nitrogen and oxygen atoms in total. The molecule has 0 saturated heterocycles. The van der Waals surface area contributed by atoms with Crippen molar-refractivity contribution in [1.82, 2.24) is 10.6 Å². The molecule has 3 N–H and O–H groups in total. The molecule has 0 aliphatic rings. The van der Waals surface area contributed by atoms with Gasteiger partial charge in [-0.1, -0.05) is 20.3 Å². The highest BCUT2D eigenvalue weighted by Crippen LogP contribution is 2.10. The van der Waals surface area contributed by atoms with Crippen molar-refractivity contribution in [3.8, 4) is 0 Å². The van der Waals surface area contributed by atoms with Crippen LogP contribution in [0.25, 0.3) is 0 Å². The Hall–Kier alpha value is -2.37. The predicted molar refractivity (Wildman–Crippen MR) is 87.4 cm³/mol. The van der Waals surface area contributed by atoms with Crippen LogP contribution >= 0.6 is 0 Å². The molecule has 0 spiro atoms. The first-order valence-corrected chi connectivity index (χ1v) is 7.70. The molecule has 126 valence electrons.